The molecule has 6 aromatic carbocycles. The van der Waals surface area contributed by atoms with Crippen LogP contribution in [-0.4, -0.2) is 69.6 Å². The van der Waals surface area contributed by atoms with Crippen LogP contribution in [0.25, 0.3) is 0 Å². The molecule has 2 fully saturated rings. The lowest BCUT2D eigenvalue weighted by Gasteiger charge is -2.13. The number of halogens is 15. The molecule has 0 bridgehead atoms. The third-order valence-corrected chi connectivity index (χ3v) is 15.0. The second kappa shape index (κ2) is 53.1. The lowest BCUT2D eigenvalue weighted by Crippen LogP contribution is -2.25. The van der Waals surface area contributed by atoms with Crippen molar-refractivity contribution in [2.24, 2.45) is 0 Å². The second-order valence-electron chi connectivity index (χ2n) is 17.8. The minimum absolute atomic E-state index is 0.120. The zero-order valence-corrected chi connectivity index (χ0v) is 62.5. The molecule has 0 saturated carbocycles. The predicted octanol–water partition coefficient (Wildman–Crippen LogP) is 26.9. The van der Waals surface area contributed by atoms with Gasteiger partial charge < -0.3 is 23.7 Å². The largest absolute Gasteiger partial charge is 0.411 e. The van der Waals surface area contributed by atoms with Gasteiger partial charge >= 0.3 is 6.18 Å². The Kier molecular flexibility index (Phi) is 56.2. The Morgan fingerprint density at radius 1 is 0.477 bits per heavy atom. The van der Waals surface area contributed by atoms with E-state index in [-0.39, 0.29) is 12.2 Å². The lowest BCUT2D eigenvalue weighted by atomic mass is 10.1. The highest BCUT2D eigenvalue weighted by Gasteiger charge is 2.47. The molecule has 2 saturated heterocycles. The van der Waals surface area contributed by atoms with E-state index < -0.39 is 18.6 Å². The smallest absolute Gasteiger partial charge is 0.384 e. The van der Waals surface area contributed by atoms with Crippen molar-refractivity contribution < 1.29 is 36.9 Å². The van der Waals surface area contributed by atoms with Gasteiger partial charge in [0.25, 0.3) is 0 Å². The van der Waals surface area contributed by atoms with E-state index in [4.69, 9.17) is 147 Å². The third-order valence-electron chi connectivity index (χ3n) is 10.7. The third kappa shape index (κ3) is 48.4. The Morgan fingerprint density at radius 2 is 0.767 bits per heavy atom. The summed E-state index contributed by atoms with van der Waals surface area (Å²) in [5, 5.41) is 7.85. The molecule has 0 amide bonds. The van der Waals surface area contributed by atoms with Crippen molar-refractivity contribution in [2.75, 3.05) is 47.3 Å². The van der Waals surface area contributed by atoms with Gasteiger partial charge in [0.2, 0.25) is 0 Å². The summed E-state index contributed by atoms with van der Waals surface area (Å²) in [5.74, 6) is -0.912. The molecule has 3 atom stereocenters. The Hall–Kier alpha value is -1.42. The van der Waals surface area contributed by atoms with Crippen LogP contribution in [0.1, 0.15) is 121 Å². The molecule has 2 aliphatic heterocycles. The highest BCUT2D eigenvalue weighted by molar-refractivity contribution is 9.09. The lowest BCUT2D eigenvalue weighted by molar-refractivity contribution is -0.204. The van der Waals surface area contributed by atoms with Crippen molar-refractivity contribution in [3.05, 3.63) is 204 Å². The van der Waals surface area contributed by atoms with E-state index in [1.807, 2.05) is 175 Å². The average molecular weight is 1490 g/mol. The topological polar surface area (TPSA) is 52.8 Å². The molecular formula is C66H89BrCl11F3O5. The molecule has 0 radical (unpaired) electrons. The Balaban J connectivity index is -0.000000436. The summed E-state index contributed by atoms with van der Waals surface area (Å²) < 4.78 is 59.4. The van der Waals surface area contributed by atoms with E-state index in [1.54, 1.807) is 44.6 Å². The predicted molar refractivity (Wildman–Crippen MR) is 378 cm³/mol. The fourth-order valence-electron chi connectivity index (χ4n) is 5.40. The number of epoxide rings is 2. The summed E-state index contributed by atoms with van der Waals surface area (Å²) in [7, 11) is 3.42. The van der Waals surface area contributed by atoms with Gasteiger partial charge in [-0.05, 0) is 155 Å². The van der Waals surface area contributed by atoms with Gasteiger partial charge in [-0.3, -0.25) is 0 Å². The zero-order chi connectivity index (χ0) is 67.2. The molecule has 0 spiro atoms. The summed E-state index contributed by atoms with van der Waals surface area (Å²) >= 11 is 65.8. The number of hydrogen-bond donors (Lipinski definition) is 0. The molecule has 8 rings (SSSR count). The van der Waals surface area contributed by atoms with Crippen molar-refractivity contribution in [1.29, 1.82) is 0 Å². The molecular weight excluding hydrogens is 1400 g/mol. The maximum Gasteiger partial charge on any atom is 0.411 e. The van der Waals surface area contributed by atoms with Crippen LogP contribution in [0, 0.1) is 41.5 Å². The van der Waals surface area contributed by atoms with Gasteiger partial charge in [0.15, 0.2) is 5.79 Å². The Bertz CT molecular complexity index is 2350. The molecule has 3 unspecified atom stereocenters. The quantitative estimate of drug-likeness (QED) is 0.101. The van der Waals surface area contributed by atoms with Crippen LogP contribution >= 0.6 is 144 Å². The van der Waals surface area contributed by atoms with Gasteiger partial charge in [-0.25, -0.2) is 0 Å². The first kappa shape index (κ1) is 91.0. The van der Waals surface area contributed by atoms with Gasteiger partial charge in [-0.2, -0.15) is 13.2 Å². The minimum Gasteiger partial charge on any atom is -0.384 e. The first-order valence-electron chi connectivity index (χ1n) is 27.8. The number of methoxy groups -OCH3 is 2. The number of aryl methyl sites for hydroxylation is 6. The molecule has 0 N–H and O–H groups in total. The van der Waals surface area contributed by atoms with Crippen molar-refractivity contribution in [1.82, 2.24) is 0 Å². The number of alkyl halides is 4. The maximum atomic E-state index is 11.7. The van der Waals surface area contributed by atoms with Gasteiger partial charge in [0.1, 0.15) is 18.8 Å². The molecule has 0 aromatic heterocycles. The number of rotatable bonds is 10. The van der Waals surface area contributed by atoms with Crippen LogP contribution in [0.4, 0.5) is 13.2 Å². The van der Waals surface area contributed by atoms with E-state index in [2.05, 4.69) is 34.5 Å². The van der Waals surface area contributed by atoms with Crippen LogP contribution in [0.15, 0.2) is 115 Å². The van der Waals surface area contributed by atoms with E-state index in [0.29, 0.717) is 36.4 Å². The average Bonchev–Trinajstić information content (AvgIpc) is 2.79. The molecule has 488 valence electrons. The monoisotopic (exact) mass is 1480 g/mol. The first-order valence-corrected chi connectivity index (χ1v) is 32.9. The molecule has 6 aromatic rings. The van der Waals surface area contributed by atoms with Crippen LogP contribution in [0.3, 0.4) is 0 Å². The van der Waals surface area contributed by atoms with Crippen molar-refractivity contribution in [3.63, 3.8) is 0 Å². The fourth-order valence-corrected chi connectivity index (χ4v) is 7.83. The number of ether oxygens (including phenoxy) is 5. The number of hydrogen-bond acceptors (Lipinski definition) is 5. The van der Waals surface area contributed by atoms with Gasteiger partial charge in [-0.1, -0.05) is 260 Å². The van der Waals surface area contributed by atoms with Gasteiger partial charge in [0.05, 0.1) is 19.8 Å². The van der Waals surface area contributed by atoms with E-state index in [0.717, 1.165) is 97.0 Å². The van der Waals surface area contributed by atoms with Crippen molar-refractivity contribution >= 4 is 144 Å². The summed E-state index contributed by atoms with van der Waals surface area (Å²) in [6, 6.07) is 35.0. The molecule has 5 nitrogen and oxygen atoms in total. The highest BCUT2D eigenvalue weighted by atomic mass is 79.9. The Morgan fingerprint density at radius 3 is 0.919 bits per heavy atom. The van der Waals surface area contributed by atoms with Gasteiger partial charge in [0, 0.05) is 80.7 Å². The van der Waals surface area contributed by atoms with Crippen molar-refractivity contribution in [3.8, 4) is 0 Å². The minimum atomic E-state index is -4.26. The van der Waals surface area contributed by atoms with E-state index in [1.165, 1.54) is 5.56 Å². The standard InChI is InChI=1S/5C7H6Cl2.C7H7Cl.C7H11F3O2.C6H12O2.C5H11BrO.3C2H6/c5*1-5-2-3-6(8)4-7(5)9;1-6-2-4-7(8)5-3-6;1-2-3-6(4-11-6)12-5-7(8,9)10;1-3-6(4-7-2)5-8-6;1-3-5(6)4-7-2;3*1-2/h5*2-4H,1H3;2-5H,1H3;2-5H2,1H3;3-5H2,1-2H3;5H,3-4H2,1-2H3;3*1-2H3. The van der Waals surface area contributed by atoms with Crippen LogP contribution in [-0.2, 0) is 23.7 Å². The molecule has 20 heteroatoms. The van der Waals surface area contributed by atoms with E-state index >= 15 is 0 Å². The molecule has 86 heavy (non-hydrogen) atoms. The molecule has 2 heterocycles. The SMILES string of the molecule is CC.CC.CC.CCC(Br)COC.CCC1(COC)CO1.CCCC1(OCC(F)(F)F)CO1.Cc1ccc(Cl)cc1.Cc1ccc(Cl)cc1Cl.Cc1ccc(Cl)cc1Cl.Cc1ccc(Cl)cc1Cl.Cc1ccc(Cl)cc1Cl.Cc1ccc(Cl)cc1Cl. The molecule has 0 aliphatic carbocycles. The summed E-state index contributed by atoms with van der Waals surface area (Å²) in [6.07, 6.45) is -0.762. The normalized spacial score (nSPS) is 14.6. The van der Waals surface area contributed by atoms with E-state index in [9.17, 15) is 13.2 Å². The van der Waals surface area contributed by atoms with Crippen LogP contribution in [0.2, 0.25) is 55.2 Å². The summed E-state index contributed by atoms with van der Waals surface area (Å²) in [6.45, 7) is 31.4. The van der Waals surface area contributed by atoms with Gasteiger partial charge in [-0.15, -0.1) is 0 Å². The Labute approximate surface area is 578 Å². The second-order valence-corrected chi connectivity index (χ2v) is 23.8. The first-order chi connectivity index (χ1) is 40.4. The summed E-state index contributed by atoms with van der Waals surface area (Å²) in [4.78, 5) is 0.539. The van der Waals surface area contributed by atoms with Crippen LogP contribution < -0.4 is 0 Å². The van der Waals surface area contributed by atoms with Crippen molar-refractivity contribution in [2.45, 2.75) is 152 Å². The number of benzene rings is 6. The molecule has 2 aliphatic rings. The van der Waals surface area contributed by atoms with Crippen LogP contribution in [0.5, 0.6) is 0 Å². The zero-order valence-electron chi connectivity index (χ0n) is 52.6. The fraction of sp³-hybridized carbons (Fsp3) is 0.455. The highest BCUT2D eigenvalue weighted by Crippen LogP contribution is 2.35. The summed E-state index contributed by atoms with van der Waals surface area (Å²) in [5.41, 5.74) is 6.65. The maximum absolute atomic E-state index is 11.7.